The van der Waals surface area contributed by atoms with Crippen LogP contribution in [0.1, 0.15) is 28.9 Å². The summed E-state index contributed by atoms with van der Waals surface area (Å²) in [7, 11) is 0. The Kier molecular flexibility index (Phi) is 4.49. The molecule has 0 unspecified atom stereocenters. The molecule has 134 valence electrons. The van der Waals surface area contributed by atoms with Crippen molar-refractivity contribution < 1.29 is 9.21 Å². The summed E-state index contributed by atoms with van der Waals surface area (Å²) in [5.41, 5.74) is 3.38. The highest BCUT2D eigenvalue weighted by molar-refractivity contribution is 5.94. The molecular weight excluding hydrogens is 342 g/mol. The molecule has 4 aromatic rings. The first-order valence-corrected chi connectivity index (χ1v) is 8.46. The highest BCUT2D eigenvalue weighted by Gasteiger charge is 2.12. The summed E-state index contributed by atoms with van der Waals surface area (Å²) in [6, 6.07) is 14.9. The maximum absolute atomic E-state index is 12.5. The third-order valence-corrected chi connectivity index (χ3v) is 4.30. The lowest BCUT2D eigenvalue weighted by atomic mass is 10.1. The van der Waals surface area contributed by atoms with Crippen molar-refractivity contribution >= 4 is 5.91 Å². The normalized spacial score (nSPS) is 11.9. The third kappa shape index (κ3) is 3.62. The molecule has 1 amide bonds. The van der Waals surface area contributed by atoms with E-state index >= 15 is 0 Å². The molecular formula is C20H17N5O2. The zero-order valence-electron chi connectivity index (χ0n) is 14.6. The number of hydrogen-bond acceptors (Lipinski definition) is 5. The zero-order chi connectivity index (χ0) is 18.6. The molecule has 0 spiro atoms. The van der Waals surface area contributed by atoms with Crippen LogP contribution < -0.4 is 5.32 Å². The molecule has 0 radical (unpaired) electrons. The van der Waals surface area contributed by atoms with E-state index in [9.17, 15) is 4.79 Å². The Morgan fingerprint density at radius 2 is 1.89 bits per heavy atom. The monoisotopic (exact) mass is 359 g/mol. The maximum atomic E-state index is 12.5. The number of carbonyl (C=O) groups excluding carboxylic acids is 1. The standard InChI is InChI=1S/C20H17N5O2/c1-14(15-6-8-18(9-7-15)25-11-10-21-12-25)23-19(26)16-2-4-17(5-3-16)20-24-22-13-27-20/h2-14H,1H3,(H,23,26)/t14-/m0/s1. The highest BCUT2D eigenvalue weighted by Crippen LogP contribution is 2.19. The Bertz CT molecular complexity index is 1010. The van der Waals surface area contributed by atoms with Crippen molar-refractivity contribution in [3.63, 3.8) is 0 Å². The zero-order valence-corrected chi connectivity index (χ0v) is 14.6. The molecule has 7 heteroatoms. The van der Waals surface area contributed by atoms with E-state index in [-0.39, 0.29) is 11.9 Å². The minimum atomic E-state index is -0.140. The van der Waals surface area contributed by atoms with Crippen LogP contribution in [-0.4, -0.2) is 25.7 Å². The average Bonchev–Trinajstić information content (AvgIpc) is 3.42. The van der Waals surface area contributed by atoms with Crippen LogP contribution in [0.2, 0.25) is 0 Å². The first kappa shape index (κ1) is 16.7. The van der Waals surface area contributed by atoms with Crippen molar-refractivity contribution in [2.75, 3.05) is 0 Å². The van der Waals surface area contributed by atoms with Gasteiger partial charge in [0.1, 0.15) is 0 Å². The number of nitrogens with zero attached hydrogens (tertiary/aromatic N) is 4. The van der Waals surface area contributed by atoms with E-state index in [0.29, 0.717) is 11.5 Å². The molecule has 7 nitrogen and oxygen atoms in total. The largest absolute Gasteiger partial charge is 0.423 e. The van der Waals surface area contributed by atoms with Crippen LogP contribution in [0, 0.1) is 0 Å². The molecule has 0 aliphatic heterocycles. The van der Waals surface area contributed by atoms with Crippen LogP contribution >= 0.6 is 0 Å². The van der Waals surface area contributed by atoms with E-state index in [1.807, 2.05) is 42.0 Å². The smallest absolute Gasteiger partial charge is 0.251 e. The molecule has 0 fully saturated rings. The second-order valence-electron chi connectivity index (χ2n) is 6.08. The molecule has 2 aromatic heterocycles. The van der Waals surface area contributed by atoms with E-state index < -0.39 is 0 Å². The lowest BCUT2D eigenvalue weighted by Crippen LogP contribution is -2.26. The van der Waals surface area contributed by atoms with Crippen molar-refractivity contribution in [2.24, 2.45) is 0 Å². The second-order valence-corrected chi connectivity index (χ2v) is 6.08. The average molecular weight is 359 g/mol. The van der Waals surface area contributed by atoms with Crippen LogP contribution in [0.5, 0.6) is 0 Å². The number of amides is 1. The van der Waals surface area contributed by atoms with E-state index in [4.69, 9.17) is 4.42 Å². The topological polar surface area (TPSA) is 85.8 Å². The molecule has 0 aliphatic carbocycles. The van der Waals surface area contributed by atoms with Crippen molar-refractivity contribution in [3.8, 4) is 17.1 Å². The number of aromatic nitrogens is 4. The van der Waals surface area contributed by atoms with Crippen LogP contribution in [0.15, 0.2) is 78.1 Å². The summed E-state index contributed by atoms with van der Waals surface area (Å²) in [5, 5.41) is 10.5. The van der Waals surface area contributed by atoms with Gasteiger partial charge in [0.15, 0.2) is 0 Å². The van der Waals surface area contributed by atoms with Crippen LogP contribution in [0.4, 0.5) is 0 Å². The van der Waals surface area contributed by atoms with E-state index in [2.05, 4.69) is 20.5 Å². The quantitative estimate of drug-likeness (QED) is 0.590. The van der Waals surface area contributed by atoms with Crippen molar-refractivity contribution in [3.05, 3.63) is 84.8 Å². The lowest BCUT2D eigenvalue weighted by molar-refractivity contribution is 0.0940. The summed E-state index contributed by atoms with van der Waals surface area (Å²) in [6.07, 6.45) is 6.65. The van der Waals surface area contributed by atoms with E-state index in [0.717, 1.165) is 16.8 Å². The van der Waals surface area contributed by atoms with Gasteiger partial charge in [-0.15, -0.1) is 10.2 Å². The minimum absolute atomic E-state index is 0.120. The fourth-order valence-corrected chi connectivity index (χ4v) is 2.77. The summed E-state index contributed by atoms with van der Waals surface area (Å²) >= 11 is 0. The Balaban J connectivity index is 1.43. The number of imidazole rings is 1. The molecule has 1 atom stereocenters. The van der Waals surface area contributed by atoms with Gasteiger partial charge in [-0.05, 0) is 48.9 Å². The molecule has 0 saturated carbocycles. The summed E-state index contributed by atoms with van der Waals surface area (Å²) < 4.78 is 7.08. The lowest BCUT2D eigenvalue weighted by Gasteiger charge is -2.15. The SMILES string of the molecule is C[C@H](NC(=O)c1ccc(-c2nnco2)cc1)c1ccc(-n2ccnc2)cc1. The third-order valence-electron chi connectivity index (χ3n) is 4.30. The van der Waals surface area contributed by atoms with Crippen LogP contribution in [-0.2, 0) is 0 Å². The number of carbonyl (C=O) groups is 1. The van der Waals surface area contributed by atoms with Gasteiger partial charge in [-0.1, -0.05) is 12.1 Å². The predicted octanol–water partition coefficient (Wildman–Crippen LogP) is 3.41. The fraction of sp³-hybridized carbons (Fsp3) is 0.100. The number of hydrogen-bond donors (Lipinski definition) is 1. The van der Waals surface area contributed by atoms with Crippen molar-refractivity contribution in [1.82, 2.24) is 25.1 Å². The van der Waals surface area contributed by atoms with Gasteiger partial charge in [-0.25, -0.2) is 4.98 Å². The molecule has 0 aliphatic rings. The molecule has 0 saturated heterocycles. The Morgan fingerprint density at radius 3 is 2.52 bits per heavy atom. The summed E-state index contributed by atoms with van der Waals surface area (Å²) in [5.74, 6) is 0.284. The molecule has 1 N–H and O–H groups in total. The highest BCUT2D eigenvalue weighted by atomic mass is 16.4. The molecule has 4 rings (SSSR count). The van der Waals surface area contributed by atoms with Gasteiger partial charge in [-0.3, -0.25) is 4.79 Å². The van der Waals surface area contributed by atoms with Crippen LogP contribution in [0.25, 0.3) is 17.1 Å². The Labute approximate surface area is 155 Å². The Morgan fingerprint density at radius 1 is 1.11 bits per heavy atom. The van der Waals surface area contributed by atoms with Gasteiger partial charge in [-0.2, -0.15) is 0 Å². The number of benzene rings is 2. The summed E-state index contributed by atoms with van der Waals surface area (Å²) in [6.45, 7) is 1.96. The molecule has 2 heterocycles. The van der Waals surface area contributed by atoms with Gasteiger partial charge in [0.2, 0.25) is 12.3 Å². The van der Waals surface area contributed by atoms with Gasteiger partial charge in [0, 0.05) is 29.2 Å². The molecule has 0 bridgehead atoms. The maximum Gasteiger partial charge on any atom is 0.251 e. The van der Waals surface area contributed by atoms with Gasteiger partial charge >= 0.3 is 0 Å². The second kappa shape index (κ2) is 7.25. The van der Waals surface area contributed by atoms with E-state index in [1.54, 1.807) is 36.8 Å². The first-order valence-electron chi connectivity index (χ1n) is 8.46. The summed E-state index contributed by atoms with van der Waals surface area (Å²) in [4.78, 5) is 16.5. The number of nitrogens with one attached hydrogen (secondary N) is 1. The van der Waals surface area contributed by atoms with Gasteiger partial charge < -0.3 is 14.3 Å². The first-order chi connectivity index (χ1) is 13.2. The minimum Gasteiger partial charge on any atom is -0.423 e. The van der Waals surface area contributed by atoms with E-state index in [1.165, 1.54) is 6.39 Å². The fourth-order valence-electron chi connectivity index (χ4n) is 2.77. The van der Waals surface area contributed by atoms with Crippen molar-refractivity contribution in [2.45, 2.75) is 13.0 Å². The Hall–Kier alpha value is -3.74. The van der Waals surface area contributed by atoms with Crippen molar-refractivity contribution in [1.29, 1.82) is 0 Å². The van der Waals surface area contributed by atoms with Crippen LogP contribution in [0.3, 0.4) is 0 Å². The van der Waals surface area contributed by atoms with Gasteiger partial charge in [0.05, 0.1) is 12.4 Å². The number of rotatable bonds is 5. The van der Waals surface area contributed by atoms with Gasteiger partial charge in [0.25, 0.3) is 5.91 Å². The predicted molar refractivity (Wildman–Crippen MR) is 99.2 cm³/mol. The molecule has 2 aromatic carbocycles. The molecule has 27 heavy (non-hydrogen) atoms.